The monoisotopic (exact) mass is 350 g/mol. The number of hydrogen-bond donors (Lipinski definition) is 3. The predicted octanol–water partition coefficient (Wildman–Crippen LogP) is 0.816. The summed E-state index contributed by atoms with van der Waals surface area (Å²) in [5.74, 6) is 0. The van der Waals surface area contributed by atoms with Crippen molar-refractivity contribution in [1.29, 1.82) is 0 Å². The Morgan fingerprint density at radius 2 is 2.04 bits per heavy atom. The van der Waals surface area contributed by atoms with Crippen LogP contribution in [0.15, 0.2) is 47.6 Å². The fraction of sp³-hybridized carbons (Fsp3) is 0.438. The SMILES string of the molecule is CNS(=O)(=O)c1ccc(C(C)N[C@H]2C[C@@H](O)[C@@H]2n2cccn2)cc1. The van der Waals surface area contributed by atoms with E-state index >= 15 is 0 Å². The van der Waals surface area contributed by atoms with Crippen molar-refractivity contribution >= 4 is 10.0 Å². The molecule has 1 unspecified atom stereocenters. The first kappa shape index (κ1) is 17.1. The number of sulfonamides is 1. The van der Waals surface area contributed by atoms with Gasteiger partial charge in [-0.05, 0) is 44.2 Å². The summed E-state index contributed by atoms with van der Waals surface area (Å²) in [5.41, 5.74) is 0.991. The maximum absolute atomic E-state index is 11.8. The van der Waals surface area contributed by atoms with E-state index in [0.717, 1.165) is 5.56 Å². The van der Waals surface area contributed by atoms with Gasteiger partial charge in [-0.25, -0.2) is 13.1 Å². The summed E-state index contributed by atoms with van der Waals surface area (Å²) in [5, 5.41) is 17.7. The topological polar surface area (TPSA) is 96.3 Å². The van der Waals surface area contributed by atoms with Crippen LogP contribution < -0.4 is 10.0 Å². The Morgan fingerprint density at radius 1 is 1.33 bits per heavy atom. The Hall–Kier alpha value is -1.74. The number of aromatic nitrogens is 2. The van der Waals surface area contributed by atoms with Crippen LogP contribution in [-0.2, 0) is 10.0 Å². The highest BCUT2D eigenvalue weighted by Crippen LogP contribution is 2.34. The molecule has 3 N–H and O–H groups in total. The molecule has 0 spiro atoms. The van der Waals surface area contributed by atoms with E-state index in [4.69, 9.17) is 0 Å². The molecule has 8 heteroatoms. The maximum Gasteiger partial charge on any atom is 0.240 e. The van der Waals surface area contributed by atoms with Gasteiger partial charge in [0.05, 0.1) is 17.0 Å². The second-order valence-corrected chi connectivity index (χ2v) is 7.94. The van der Waals surface area contributed by atoms with Crippen LogP contribution in [0.1, 0.15) is 31.0 Å². The summed E-state index contributed by atoms with van der Waals surface area (Å²) >= 11 is 0. The van der Waals surface area contributed by atoms with Gasteiger partial charge in [0.1, 0.15) is 0 Å². The lowest BCUT2D eigenvalue weighted by molar-refractivity contribution is -0.0110. The minimum atomic E-state index is -3.42. The smallest absolute Gasteiger partial charge is 0.240 e. The molecule has 7 nitrogen and oxygen atoms in total. The van der Waals surface area contributed by atoms with Crippen LogP contribution in [0.25, 0.3) is 0 Å². The van der Waals surface area contributed by atoms with Crippen molar-refractivity contribution in [2.45, 2.75) is 42.5 Å². The Kier molecular flexibility index (Phi) is 4.73. The van der Waals surface area contributed by atoms with Crippen LogP contribution in [0.3, 0.4) is 0 Å². The van der Waals surface area contributed by atoms with Crippen molar-refractivity contribution in [1.82, 2.24) is 19.8 Å². The molecule has 24 heavy (non-hydrogen) atoms. The average Bonchev–Trinajstić information content (AvgIpc) is 3.07. The van der Waals surface area contributed by atoms with E-state index in [1.54, 1.807) is 35.1 Å². The highest BCUT2D eigenvalue weighted by molar-refractivity contribution is 7.89. The van der Waals surface area contributed by atoms with Crippen LogP contribution in [-0.4, -0.2) is 42.5 Å². The molecule has 0 radical (unpaired) electrons. The van der Waals surface area contributed by atoms with Crippen LogP contribution >= 0.6 is 0 Å². The van der Waals surface area contributed by atoms with Gasteiger partial charge in [0.25, 0.3) is 0 Å². The van der Waals surface area contributed by atoms with Crippen LogP contribution in [0.2, 0.25) is 0 Å². The van der Waals surface area contributed by atoms with Crippen molar-refractivity contribution in [3.63, 3.8) is 0 Å². The van der Waals surface area contributed by atoms with Crippen LogP contribution in [0.5, 0.6) is 0 Å². The normalized spacial score (nSPS) is 25.2. The lowest BCUT2D eigenvalue weighted by atomic mass is 9.82. The van der Waals surface area contributed by atoms with E-state index in [1.807, 2.05) is 19.2 Å². The van der Waals surface area contributed by atoms with Gasteiger partial charge in [0, 0.05) is 24.5 Å². The van der Waals surface area contributed by atoms with Gasteiger partial charge in [-0.15, -0.1) is 0 Å². The third kappa shape index (κ3) is 3.23. The minimum absolute atomic E-state index is 0.0342. The Morgan fingerprint density at radius 3 is 2.58 bits per heavy atom. The van der Waals surface area contributed by atoms with Crippen LogP contribution in [0, 0.1) is 0 Å². The maximum atomic E-state index is 11.8. The van der Waals surface area contributed by atoms with Gasteiger partial charge in [-0.2, -0.15) is 5.10 Å². The van der Waals surface area contributed by atoms with E-state index < -0.39 is 16.1 Å². The zero-order valence-electron chi connectivity index (χ0n) is 13.6. The summed E-state index contributed by atoms with van der Waals surface area (Å²) in [6.07, 6.45) is 3.81. The second-order valence-electron chi connectivity index (χ2n) is 6.05. The average molecular weight is 350 g/mol. The number of hydrogen-bond acceptors (Lipinski definition) is 5. The van der Waals surface area contributed by atoms with Gasteiger partial charge in [-0.1, -0.05) is 12.1 Å². The molecule has 2 aromatic rings. The molecule has 1 aromatic carbocycles. The fourth-order valence-electron chi connectivity index (χ4n) is 3.07. The number of nitrogens with one attached hydrogen (secondary N) is 2. The summed E-state index contributed by atoms with van der Waals surface area (Å²) in [6.45, 7) is 2.02. The van der Waals surface area contributed by atoms with Crippen molar-refractivity contribution in [3.8, 4) is 0 Å². The van der Waals surface area contributed by atoms with Gasteiger partial charge >= 0.3 is 0 Å². The molecule has 1 saturated carbocycles. The molecule has 1 heterocycles. The molecule has 0 bridgehead atoms. The predicted molar refractivity (Wildman–Crippen MR) is 89.9 cm³/mol. The molecule has 130 valence electrons. The van der Waals surface area contributed by atoms with E-state index in [2.05, 4.69) is 15.1 Å². The van der Waals surface area contributed by atoms with Gasteiger partial charge in [0.2, 0.25) is 10.0 Å². The standard InChI is InChI=1S/C16H22N4O3S/c1-11(12-4-6-13(7-5-12)24(22,23)17-2)19-14-10-15(21)16(14)20-9-3-8-18-20/h3-9,11,14-17,19,21H,10H2,1-2H3/t11?,14-,15+,16+/m0/s1. The molecule has 1 fully saturated rings. The number of aliphatic hydroxyl groups is 1. The van der Waals surface area contributed by atoms with Crippen molar-refractivity contribution in [2.75, 3.05) is 7.05 Å². The second kappa shape index (κ2) is 6.64. The Labute approximate surface area is 141 Å². The number of aliphatic hydroxyl groups excluding tert-OH is 1. The van der Waals surface area contributed by atoms with E-state index in [1.165, 1.54) is 7.05 Å². The molecule has 0 saturated heterocycles. The molecular weight excluding hydrogens is 328 g/mol. The highest BCUT2D eigenvalue weighted by Gasteiger charge is 2.42. The molecule has 3 rings (SSSR count). The molecule has 0 aliphatic heterocycles. The molecule has 0 amide bonds. The molecule has 1 aliphatic rings. The third-order valence-electron chi connectivity index (χ3n) is 4.56. The summed E-state index contributed by atoms with van der Waals surface area (Å²) in [6, 6.07) is 8.72. The Balaban J connectivity index is 1.68. The molecule has 1 aromatic heterocycles. The zero-order valence-corrected chi connectivity index (χ0v) is 14.4. The lowest BCUT2D eigenvalue weighted by Gasteiger charge is -2.43. The first-order valence-corrected chi connectivity index (χ1v) is 9.37. The van der Waals surface area contributed by atoms with Crippen molar-refractivity contribution in [3.05, 3.63) is 48.3 Å². The lowest BCUT2D eigenvalue weighted by Crippen LogP contribution is -2.55. The quantitative estimate of drug-likeness (QED) is 0.717. The number of benzene rings is 1. The van der Waals surface area contributed by atoms with Gasteiger partial charge in [0.15, 0.2) is 0 Å². The minimum Gasteiger partial charge on any atom is -0.391 e. The largest absolute Gasteiger partial charge is 0.391 e. The van der Waals surface area contributed by atoms with E-state index in [9.17, 15) is 13.5 Å². The zero-order chi connectivity index (χ0) is 17.3. The van der Waals surface area contributed by atoms with E-state index in [0.29, 0.717) is 6.42 Å². The summed E-state index contributed by atoms with van der Waals surface area (Å²) < 4.78 is 27.6. The fourth-order valence-corrected chi connectivity index (χ4v) is 3.80. The van der Waals surface area contributed by atoms with Gasteiger partial charge < -0.3 is 10.4 Å². The summed E-state index contributed by atoms with van der Waals surface area (Å²) in [7, 11) is -2.02. The first-order valence-electron chi connectivity index (χ1n) is 7.89. The van der Waals surface area contributed by atoms with E-state index in [-0.39, 0.29) is 23.0 Å². The molecule has 1 aliphatic carbocycles. The Bertz CT molecular complexity index is 774. The molecule has 4 atom stereocenters. The molecular formula is C16H22N4O3S. The van der Waals surface area contributed by atoms with Gasteiger partial charge in [-0.3, -0.25) is 4.68 Å². The third-order valence-corrected chi connectivity index (χ3v) is 5.99. The summed E-state index contributed by atoms with van der Waals surface area (Å²) in [4.78, 5) is 0.245. The highest BCUT2D eigenvalue weighted by atomic mass is 32.2. The number of nitrogens with zero attached hydrogens (tertiary/aromatic N) is 2. The first-order chi connectivity index (χ1) is 11.4. The van der Waals surface area contributed by atoms with Crippen molar-refractivity contribution in [2.24, 2.45) is 0 Å². The van der Waals surface area contributed by atoms with Crippen molar-refractivity contribution < 1.29 is 13.5 Å². The number of rotatable bonds is 6. The van der Waals surface area contributed by atoms with Crippen LogP contribution in [0.4, 0.5) is 0 Å².